The lowest BCUT2D eigenvalue weighted by Crippen LogP contribution is -2.42. The van der Waals surface area contributed by atoms with E-state index >= 15 is 0 Å². The molecule has 2 heterocycles. The molecular weight excluding hydrogens is 224 g/mol. The van der Waals surface area contributed by atoms with Crippen LogP contribution in [0.25, 0.3) is 0 Å². The van der Waals surface area contributed by atoms with E-state index < -0.39 is 0 Å². The Morgan fingerprint density at radius 2 is 2.19 bits per heavy atom. The molecule has 1 aliphatic rings. The van der Waals surface area contributed by atoms with Crippen LogP contribution in [0, 0.1) is 0 Å². The molecule has 2 rings (SSSR count). The lowest BCUT2D eigenvalue weighted by atomic mass is 10.1. The van der Waals surface area contributed by atoms with Gasteiger partial charge < -0.3 is 14.6 Å². The highest BCUT2D eigenvalue weighted by atomic mass is 35.5. The molecule has 0 aromatic carbocycles. The Morgan fingerprint density at radius 1 is 1.44 bits per heavy atom. The average Bonchev–Trinajstić information content (AvgIpc) is 2.73. The predicted octanol–water partition coefficient (Wildman–Crippen LogP) is 2.51. The van der Waals surface area contributed by atoms with E-state index in [-0.39, 0.29) is 0 Å². The highest BCUT2D eigenvalue weighted by molar-refractivity contribution is 6.28. The van der Waals surface area contributed by atoms with E-state index in [4.69, 9.17) is 16.0 Å². The first kappa shape index (κ1) is 12.0. The highest BCUT2D eigenvalue weighted by Crippen LogP contribution is 2.14. The second-order valence-electron chi connectivity index (χ2n) is 4.30. The minimum Gasteiger partial charge on any atom is -0.448 e. The van der Waals surface area contributed by atoms with Gasteiger partial charge in [0, 0.05) is 6.04 Å². The van der Waals surface area contributed by atoms with Gasteiger partial charge in [-0.25, -0.2) is 0 Å². The van der Waals surface area contributed by atoms with E-state index in [1.54, 1.807) is 6.07 Å². The molecule has 1 aromatic heterocycles. The first-order valence-electron chi connectivity index (χ1n) is 5.98. The summed E-state index contributed by atoms with van der Waals surface area (Å²) in [6.07, 6.45) is 2.45. The third-order valence-electron chi connectivity index (χ3n) is 3.23. The van der Waals surface area contributed by atoms with Crippen LogP contribution in [0.15, 0.2) is 16.5 Å². The fraction of sp³-hybridized carbons (Fsp3) is 0.667. The normalized spacial score (nSPS) is 19.1. The maximum Gasteiger partial charge on any atom is 0.193 e. The molecule has 0 atom stereocenters. The summed E-state index contributed by atoms with van der Waals surface area (Å²) in [7, 11) is 0. The summed E-state index contributed by atoms with van der Waals surface area (Å²) in [5, 5.41) is 3.99. The molecule has 0 saturated carbocycles. The van der Waals surface area contributed by atoms with Gasteiger partial charge in [-0.1, -0.05) is 6.92 Å². The van der Waals surface area contributed by atoms with Crippen molar-refractivity contribution in [1.29, 1.82) is 0 Å². The van der Waals surface area contributed by atoms with Crippen LogP contribution in [-0.2, 0) is 6.54 Å². The quantitative estimate of drug-likeness (QED) is 0.880. The molecule has 1 saturated heterocycles. The van der Waals surface area contributed by atoms with Crippen LogP contribution in [0.4, 0.5) is 0 Å². The van der Waals surface area contributed by atoms with Gasteiger partial charge in [-0.3, -0.25) is 0 Å². The molecule has 1 aromatic rings. The molecule has 0 bridgehead atoms. The van der Waals surface area contributed by atoms with Gasteiger partial charge in [0.05, 0.1) is 6.54 Å². The van der Waals surface area contributed by atoms with Gasteiger partial charge in [0.1, 0.15) is 5.76 Å². The van der Waals surface area contributed by atoms with Crippen LogP contribution in [0.1, 0.15) is 25.5 Å². The fourth-order valence-corrected chi connectivity index (χ4v) is 2.31. The number of rotatable bonds is 4. The fourth-order valence-electron chi connectivity index (χ4n) is 2.14. The summed E-state index contributed by atoms with van der Waals surface area (Å²) in [6.45, 7) is 6.57. The van der Waals surface area contributed by atoms with Gasteiger partial charge in [0.15, 0.2) is 5.22 Å². The van der Waals surface area contributed by atoms with Crippen LogP contribution in [0.5, 0.6) is 0 Å². The summed E-state index contributed by atoms with van der Waals surface area (Å²) < 4.78 is 5.31. The van der Waals surface area contributed by atoms with Crippen molar-refractivity contribution >= 4 is 11.6 Å². The molecule has 1 fully saturated rings. The van der Waals surface area contributed by atoms with Crippen LogP contribution in [0.2, 0.25) is 5.22 Å². The maximum absolute atomic E-state index is 5.72. The summed E-state index contributed by atoms with van der Waals surface area (Å²) in [6, 6.07) is 4.33. The number of likely N-dealkylation sites (tertiary alicyclic amines) is 1. The van der Waals surface area contributed by atoms with Crippen molar-refractivity contribution < 1.29 is 4.42 Å². The topological polar surface area (TPSA) is 28.4 Å². The number of hydrogen-bond donors (Lipinski definition) is 1. The maximum atomic E-state index is 5.72. The Labute approximate surface area is 102 Å². The van der Waals surface area contributed by atoms with E-state index in [9.17, 15) is 0 Å². The van der Waals surface area contributed by atoms with Crippen molar-refractivity contribution in [2.45, 2.75) is 32.4 Å². The zero-order valence-electron chi connectivity index (χ0n) is 9.71. The average molecular weight is 243 g/mol. The molecule has 1 aliphatic heterocycles. The summed E-state index contributed by atoms with van der Waals surface area (Å²) in [5.74, 6) is 0.919. The van der Waals surface area contributed by atoms with E-state index in [2.05, 4.69) is 17.1 Å². The lowest BCUT2D eigenvalue weighted by molar-refractivity contribution is 0.204. The largest absolute Gasteiger partial charge is 0.448 e. The van der Waals surface area contributed by atoms with E-state index in [0.717, 1.165) is 12.3 Å². The summed E-state index contributed by atoms with van der Waals surface area (Å²) in [5.41, 5.74) is 0. The smallest absolute Gasteiger partial charge is 0.193 e. The molecule has 0 unspecified atom stereocenters. The minimum atomic E-state index is 0.470. The number of halogens is 1. The molecule has 0 radical (unpaired) electrons. The third kappa shape index (κ3) is 3.24. The van der Waals surface area contributed by atoms with E-state index in [1.807, 2.05) is 6.07 Å². The molecule has 1 N–H and O–H groups in total. The molecule has 16 heavy (non-hydrogen) atoms. The Bertz CT molecular complexity index is 319. The van der Waals surface area contributed by atoms with Crippen molar-refractivity contribution in [1.82, 2.24) is 10.2 Å². The molecule has 0 spiro atoms. The molecule has 0 amide bonds. The Kier molecular flexibility index (Phi) is 4.27. The monoisotopic (exact) mass is 242 g/mol. The Hall–Kier alpha value is -0.510. The van der Waals surface area contributed by atoms with Crippen molar-refractivity contribution in [3.63, 3.8) is 0 Å². The molecule has 4 heteroatoms. The highest BCUT2D eigenvalue weighted by Gasteiger charge is 2.17. The summed E-state index contributed by atoms with van der Waals surface area (Å²) in [4.78, 5) is 2.49. The Morgan fingerprint density at radius 3 is 2.75 bits per heavy atom. The molecule has 0 aliphatic carbocycles. The van der Waals surface area contributed by atoms with Crippen LogP contribution >= 0.6 is 11.6 Å². The van der Waals surface area contributed by atoms with Crippen LogP contribution in [0.3, 0.4) is 0 Å². The van der Waals surface area contributed by atoms with Gasteiger partial charge in [-0.05, 0) is 56.2 Å². The standard InChI is InChI=1S/C12H19ClN2O/c1-2-15-7-5-10(6-8-15)14-9-11-3-4-12(13)16-11/h3-4,10,14H,2,5-9H2,1H3. The summed E-state index contributed by atoms with van der Waals surface area (Å²) >= 11 is 5.72. The van der Waals surface area contributed by atoms with Gasteiger partial charge in [0.25, 0.3) is 0 Å². The molecular formula is C12H19ClN2O. The van der Waals surface area contributed by atoms with Crippen molar-refractivity contribution in [2.75, 3.05) is 19.6 Å². The lowest BCUT2D eigenvalue weighted by Gasteiger charge is -2.31. The number of nitrogens with one attached hydrogen (secondary N) is 1. The van der Waals surface area contributed by atoms with Gasteiger partial charge in [-0.15, -0.1) is 0 Å². The number of furan rings is 1. The predicted molar refractivity (Wildman–Crippen MR) is 65.7 cm³/mol. The second-order valence-corrected chi connectivity index (χ2v) is 4.67. The Balaban J connectivity index is 1.71. The van der Waals surface area contributed by atoms with Gasteiger partial charge in [0.2, 0.25) is 0 Å². The van der Waals surface area contributed by atoms with E-state index in [1.165, 1.54) is 32.5 Å². The number of nitrogens with zero attached hydrogens (tertiary/aromatic N) is 1. The third-order valence-corrected chi connectivity index (χ3v) is 3.43. The number of hydrogen-bond acceptors (Lipinski definition) is 3. The first-order chi connectivity index (χ1) is 7.78. The van der Waals surface area contributed by atoms with Crippen molar-refractivity contribution in [3.05, 3.63) is 23.1 Å². The van der Waals surface area contributed by atoms with Crippen molar-refractivity contribution in [2.24, 2.45) is 0 Å². The zero-order valence-corrected chi connectivity index (χ0v) is 10.5. The van der Waals surface area contributed by atoms with Crippen LogP contribution < -0.4 is 5.32 Å². The van der Waals surface area contributed by atoms with Crippen molar-refractivity contribution in [3.8, 4) is 0 Å². The minimum absolute atomic E-state index is 0.470. The molecule has 90 valence electrons. The second kappa shape index (κ2) is 5.71. The van der Waals surface area contributed by atoms with Gasteiger partial charge >= 0.3 is 0 Å². The van der Waals surface area contributed by atoms with Crippen LogP contribution in [-0.4, -0.2) is 30.6 Å². The first-order valence-corrected chi connectivity index (χ1v) is 6.35. The zero-order chi connectivity index (χ0) is 11.4. The van der Waals surface area contributed by atoms with E-state index in [0.29, 0.717) is 11.3 Å². The number of piperidine rings is 1. The molecule has 3 nitrogen and oxygen atoms in total. The van der Waals surface area contributed by atoms with Gasteiger partial charge in [-0.2, -0.15) is 0 Å². The SMILES string of the molecule is CCN1CCC(NCc2ccc(Cl)o2)CC1.